The Morgan fingerprint density at radius 2 is 2.50 bits per heavy atom. The van der Waals surface area contributed by atoms with Crippen LogP contribution in [0.25, 0.3) is 0 Å². The van der Waals surface area contributed by atoms with Crippen LogP contribution in [0.3, 0.4) is 0 Å². The lowest BCUT2D eigenvalue weighted by Crippen LogP contribution is -2.04. The molecule has 5 heteroatoms. The van der Waals surface area contributed by atoms with Crippen molar-refractivity contribution in [3.05, 3.63) is 28.2 Å². The van der Waals surface area contributed by atoms with Crippen molar-refractivity contribution >= 4 is 11.3 Å². The molecule has 0 atom stereocenters. The fourth-order valence-corrected chi connectivity index (χ4v) is 1.83. The van der Waals surface area contributed by atoms with E-state index < -0.39 is 0 Å². The van der Waals surface area contributed by atoms with Crippen LogP contribution < -0.4 is 0 Å². The maximum atomic E-state index is 5.20. The summed E-state index contributed by atoms with van der Waals surface area (Å²) in [6.45, 7) is 0.424. The van der Waals surface area contributed by atoms with E-state index >= 15 is 0 Å². The third-order valence-electron chi connectivity index (χ3n) is 1.76. The molecule has 0 fully saturated rings. The molecule has 2 aromatic heterocycles. The van der Waals surface area contributed by atoms with Gasteiger partial charge in [-0.15, -0.1) is 22.9 Å². The van der Waals surface area contributed by atoms with E-state index in [0.29, 0.717) is 6.54 Å². The van der Waals surface area contributed by atoms with Crippen molar-refractivity contribution in [2.75, 3.05) is 0 Å². The minimum atomic E-state index is 0.424. The SMILES string of the molecule is C#CCn1nnnc1Cc1cccs1. The average Bonchev–Trinajstić information content (AvgIpc) is 2.80. The van der Waals surface area contributed by atoms with Crippen LogP contribution in [-0.2, 0) is 13.0 Å². The molecule has 2 rings (SSSR count). The van der Waals surface area contributed by atoms with Gasteiger partial charge in [0.15, 0.2) is 5.82 Å². The van der Waals surface area contributed by atoms with Crippen LogP contribution in [0.1, 0.15) is 10.7 Å². The molecule has 0 radical (unpaired) electrons. The highest BCUT2D eigenvalue weighted by Gasteiger charge is 2.05. The van der Waals surface area contributed by atoms with Crippen LogP contribution in [0, 0.1) is 12.3 Å². The third-order valence-corrected chi connectivity index (χ3v) is 2.64. The van der Waals surface area contributed by atoms with Crippen LogP contribution in [0.15, 0.2) is 17.5 Å². The molecule has 2 heterocycles. The fourth-order valence-electron chi connectivity index (χ4n) is 1.13. The smallest absolute Gasteiger partial charge is 0.157 e. The summed E-state index contributed by atoms with van der Waals surface area (Å²) >= 11 is 1.69. The van der Waals surface area contributed by atoms with Crippen molar-refractivity contribution in [3.8, 4) is 12.3 Å². The number of aromatic nitrogens is 4. The number of rotatable bonds is 3. The number of tetrazole rings is 1. The van der Waals surface area contributed by atoms with Crippen molar-refractivity contribution < 1.29 is 0 Å². The zero-order valence-electron chi connectivity index (χ0n) is 7.42. The van der Waals surface area contributed by atoms with Gasteiger partial charge in [-0.2, -0.15) is 0 Å². The van der Waals surface area contributed by atoms with E-state index in [2.05, 4.69) is 27.5 Å². The molecule has 0 spiro atoms. The molecular weight excluding hydrogens is 196 g/mol. The molecule has 0 aromatic carbocycles. The van der Waals surface area contributed by atoms with E-state index in [0.717, 1.165) is 12.2 Å². The summed E-state index contributed by atoms with van der Waals surface area (Å²) in [4.78, 5) is 1.23. The van der Waals surface area contributed by atoms with Gasteiger partial charge in [0, 0.05) is 11.3 Å². The average molecular weight is 204 g/mol. The van der Waals surface area contributed by atoms with Crippen molar-refractivity contribution in [3.63, 3.8) is 0 Å². The first kappa shape index (κ1) is 8.91. The Hall–Kier alpha value is -1.67. The van der Waals surface area contributed by atoms with Crippen LogP contribution in [0.2, 0.25) is 0 Å². The van der Waals surface area contributed by atoms with Crippen LogP contribution in [0.5, 0.6) is 0 Å². The number of terminal acetylenes is 1. The first-order chi connectivity index (χ1) is 6.90. The highest BCUT2D eigenvalue weighted by atomic mass is 32.1. The second-order valence-electron chi connectivity index (χ2n) is 2.71. The van der Waals surface area contributed by atoms with Crippen LogP contribution >= 0.6 is 11.3 Å². The van der Waals surface area contributed by atoms with E-state index in [1.165, 1.54) is 4.88 Å². The minimum absolute atomic E-state index is 0.424. The highest BCUT2D eigenvalue weighted by Crippen LogP contribution is 2.12. The van der Waals surface area contributed by atoms with Gasteiger partial charge in [0.1, 0.15) is 6.54 Å². The van der Waals surface area contributed by atoms with Gasteiger partial charge in [-0.05, 0) is 21.9 Å². The van der Waals surface area contributed by atoms with E-state index in [-0.39, 0.29) is 0 Å². The van der Waals surface area contributed by atoms with E-state index in [9.17, 15) is 0 Å². The Balaban J connectivity index is 2.17. The second kappa shape index (κ2) is 4.03. The zero-order valence-corrected chi connectivity index (χ0v) is 8.24. The van der Waals surface area contributed by atoms with Crippen LogP contribution in [-0.4, -0.2) is 20.2 Å². The summed E-state index contributed by atoms with van der Waals surface area (Å²) in [5.41, 5.74) is 0. The Labute approximate surface area is 85.6 Å². The number of thiophene rings is 1. The van der Waals surface area contributed by atoms with E-state index in [1.54, 1.807) is 16.0 Å². The van der Waals surface area contributed by atoms with Gasteiger partial charge >= 0.3 is 0 Å². The number of hydrogen-bond acceptors (Lipinski definition) is 4. The molecule has 0 unspecified atom stereocenters. The summed E-state index contributed by atoms with van der Waals surface area (Å²) < 4.78 is 1.64. The molecular formula is C9H8N4S. The maximum absolute atomic E-state index is 5.20. The summed E-state index contributed by atoms with van der Waals surface area (Å²) in [7, 11) is 0. The molecule has 0 aliphatic rings. The monoisotopic (exact) mass is 204 g/mol. The lowest BCUT2D eigenvalue weighted by Gasteiger charge is -1.97. The maximum Gasteiger partial charge on any atom is 0.157 e. The van der Waals surface area contributed by atoms with Crippen LogP contribution in [0.4, 0.5) is 0 Å². The molecule has 14 heavy (non-hydrogen) atoms. The van der Waals surface area contributed by atoms with Gasteiger partial charge in [-0.25, -0.2) is 4.68 Å². The summed E-state index contributed by atoms with van der Waals surface area (Å²) in [5, 5.41) is 13.4. The number of hydrogen-bond donors (Lipinski definition) is 0. The Morgan fingerprint density at radius 1 is 1.57 bits per heavy atom. The molecule has 0 saturated heterocycles. The van der Waals surface area contributed by atoms with Gasteiger partial charge in [0.2, 0.25) is 0 Å². The van der Waals surface area contributed by atoms with Crippen molar-refractivity contribution in [1.82, 2.24) is 20.2 Å². The number of nitrogens with zero attached hydrogens (tertiary/aromatic N) is 4. The van der Waals surface area contributed by atoms with Gasteiger partial charge in [-0.3, -0.25) is 0 Å². The molecule has 0 amide bonds. The lowest BCUT2D eigenvalue weighted by molar-refractivity contribution is 0.647. The summed E-state index contributed by atoms with van der Waals surface area (Å²) in [6.07, 6.45) is 5.94. The van der Waals surface area contributed by atoms with Gasteiger partial charge in [-0.1, -0.05) is 12.0 Å². The molecule has 0 saturated carbocycles. The highest BCUT2D eigenvalue weighted by molar-refractivity contribution is 7.09. The van der Waals surface area contributed by atoms with Crippen molar-refractivity contribution in [2.45, 2.75) is 13.0 Å². The van der Waals surface area contributed by atoms with E-state index in [1.807, 2.05) is 11.4 Å². The van der Waals surface area contributed by atoms with Crippen molar-refractivity contribution in [2.24, 2.45) is 0 Å². The van der Waals surface area contributed by atoms with Crippen molar-refractivity contribution in [1.29, 1.82) is 0 Å². The lowest BCUT2D eigenvalue weighted by atomic mass is 10.3. The molecule has 70 valence electrons. The zero-order chi connectivity index (χ0) is 9.80. The second-order valence-corrected chi connectivity index (χ2v) is 3.75. The molecule has 4 nitrogen and oxygen atoms in total. The van der Waals surface area contributed by atoms with Gasteiger partial charge < -0.3 is 0 Å². The topological polar surface area (TPSA) is 43.6 Å². The Morgan fingerprint density at radius 3 is 3.21 bits per heavy atom. The predicted molar refractivity (Wildman–Crippen MR) is 53.8 cm³/mol. The van der Waals surface area contributed by atoms with Gasteiger partial charge in [0.25, 0.3) is 0 Å². The van der Waals surface area contributed by atoms with Gasteiger partial charge in [0.05, 0.1) is 0 Å². The standard InChI is InChI=1S/C9H8N4S/c1-2-5-13-9(10-11-12-13)7-8-4-3-6-14-8/h1,3-4,6H,5,7H2. The Bertz CT molecular complexity index is 438. The molecule has 0 aliphatic carbocycles. The largest absolute Gasteiger partial charge is 0.217 e. The minimum Gasteiger partial charge on any atom is -0.217 e. The quantitative estimate of drug-likeness (QED) is 0.699. The molecule has 0 bridgehead atoms. The first-order valence-corrected chi connectivity index (χ1v) is 4.99. The molecule has 0 N–H and O–H groups in total. The predicted octanol–water partition coefficient (Wildman–Crippen LogP) is 0.959. The third kappa shape index (κ3) is 1.80. The molecule has 2 aromatic rings. The summed E-state index contributed by atoms with van der Waals surface area (Å²) in [6, 6.07) is 4.06. The normalized spacial score (nSPS) is 9.93. The van der Waals surface area contributed by atoms with E-state index in [4.69, 9.17) is 6.42 Å². The first-order valence-electron chi connectivity index (χ1n) is 4.11. The summed E-state index contributed by atoms with van der Waals surface area (Å²) in [5.74, 6) is 3.32. The fraction of sp³-hybridized carbons (Fsp3) is 0.222. The molecule has 0 aliphatic heterocycles. The Kier molecular flexibility index (Phi) is 2.56.